The summed E-state index contributed by atoms with van der Waals surface area (Å²) in [6.07, 6.45) is 2.48. The number of ether oxygens (including phenoxy) is 1. The maximum absolute atomic E-state index is 12.8. The van der Waals surface area contributed by atoms with Crippen LogP contribution in [0.5, 0.6) is 0 Å². The zero-order valence-electron chi connectivity index (χ0n) is 15.5. The van der Waals surface area contributed by atoms with Gasteiger partial charge in [-0.1, -0.05) is 0 Å². The van der Waals surface area contributed by atoms with Gasteiger partial charge in [0.05, 0.1) is 18.4 Å². The number of rotatable bonds is 10. The number of nitrogens with zero attached hydrogens (tertiary/aromatic N) is 1. The van der Waals surface area contributed by atoms with Gasteiger partial charge in [-0.2, -0.15) is 0 Å². The number of amides is 2. The van der Waals surface area contributed by atoms with Crippen LogP contribution >= 0.6 is 0 Å². The molecule has 2 heterocycles. The van der Waals surface area contributed by atoms with Crippen molar-refractivity contribution in [1.82, 2.24) is 10.2 Å². The number of methoxy groups -OCH3 is 1. The Bertz CT molecular complexity index is 706. The summed E-state index contributed by atoms with van der Waals surface area (Å²) in [5, 5.41) is 2.79. The summed E-state index contributed by atoms with van der Waals surface area (Å²) >= 11 is 0. The maximum atomic E-state index is 12.8. The van der Waals surface area contributed by atoms with E-state index in [1.165, 1.54) is 0 Å². The smallest absolute Gasteiger partial charge is 0.257 e. The first kappa shape index (κ1) is 19.8. The van der Waals surface area contributed by atoms with Crippen LogP contribution in [0.1, 0.15) is 40.5 Å². The SMILES string of the molecule is COCCCN(CCC(=O)NCc1ccco1)C(=O)c1cc(C)oc1C. The van der Waals surface area contributed by atoms with Gasteiger partial charge in [-0.05, 0) is 38.5 Å². The third-order valence-corrected chi connectivity index (χ3v) is 3.98. The average Bonchev–Trinajstić information content (AvgIpc) is 3.24. The molecule has 0 unspecified atom stereocenters. The van der Waals surface area contributed by atoms with Gasteiger partial charge in [0.2, 0.25) is 5.91 Å². The van der Waals surface area contributed by atoms with Crippen LogP contribution in [0, 0.1) is 13.8 Å². The molecule has 7 nitrogen and oxygen atoms in total. The summed E-state index contributed by atoms with van der Waals surface area (Å²) in [5.41, 5.74) is 0.538. The minimum atomic E-state index is -0.133. The van der Waals surface area contributed by atoms with Gasteiger partial charge >= 0.3 is 0 Å². The summed E-state index contributed by atoms with van der Waals surface area (Å²) in [6.45, 7) is 5.31. The van der Waals surface area contributed by atoms with Crippen LogP contribution in [-0.2, 0) is 16.1 Å². The van der Waals surface area contributed by atoms with Crippen LogP contribution in [0.15, 0.2) is 33.3 Å². The number of nitrogens with one attached hydrogen (secondary N) is 1. The highest BCUT2D eigenvalue weighted by Crippen LogP contribution is 2.16. The van der Waals surface area contributed by atoms with Gasteiger partial charge in [0, 0.05) is 33.2 Å². The van der Waals surface area contributed by atoms with E-state index in [4.69, 9.17) is 13.6 Å². The number of furan rings is 2. The number of carbonyl (C=O) groups is 2. The lowest BCUT2D eigenvalue weighted by Gasteiger charge is -2.22. The highest BCUT2D eigenvalue weighted by molar-refractivity contribution is 5.95. The van der Waals surface area contributed by atoms with Crippen molar-refractivity contribution in [1.29, 1.82) is 0 Å². The Morgan fingerprint density at radius 3 is 2.69 bits per heavy atom. The van der Waals surface area contributed by atoms with Gasteiger partial charge in [0.25, 0.3) is 5.91 Å². The van der Waals surface area contributed by atoms with E-state index in [1.807, 2.05) is 0 Å². The molecule has 0 bridgehead atoms. The Balaban J connectivity index is 1.92. The Kier molecular flexibility index (Phi) is 7.47. The van der Waals surface area contributed by atoms with E-state index >= 15 is 0 Å². The number of carbonyl (C=O) groups excluding carboxylic acids is 2. The summed E-state index contributed by atoms with van der Waals surface area (Å²) < 4.78 is 15.7. The topological polar surface area (TPSA) is 84.9 Å². The summed E-state index contributed by atoms with van der Waals surface area (Å²) in [5.74, 6) is 1.71. The fraction of sp³-hybridized carbons (Fsp3) is 0.474. The number of aryl methyl sites for hydroxylation is 2. The van der Waals surface area contributed by atoms with E-state index in [-0.39, 0.29) is 18.2 Å². The quantitative estimate of drug-likeness (QED) is 0.657. The van der Waals surface area contributed by atoms with Gasteiger partial charge in [0.1, 0.15) is 17.3 Å². The molecule has 2 amide bonds. The Labute approximate surface area is 153 Å². The minimum Gasteiger partial charge on any atom is -0.467 e. The largest absolute Gasteiger partial charge is 0.467 e. The molecule has 2 rings (SSSR count). The van der Waals surface area contributed by atoms with Crippen LogP contribution in [0.3, 0.4) is 0 Å². The molecule has 2 aromatic heterocycles. The average molecular weight is 362 g/mol. The van der Waals surface area contributed by atoms with Crippen molar-refractivity contribution in [3.05, 3.63) is 47.3 Å². The molecule has 1 N–H and O–H groups in total. The van der Waals surface area contributed by atoms with Crippen molar-refractivity contribution >= 4 is 11.8 Å². The van der Waals surface area contributed by atoms with Gasteiger partial charge in [-0.3, -0.25) is 9.59 Å². The standard InChI is InChI=1S/C19H26N2O5/c1-14-12-17(15(2)26-14)19(23)21(8-5-10-24-3)9-7-18(22)20-13-16-6-4-11-25-16/h4,6,11-12H,5,7-10,13H2,1-3H3,(H,20,22). The third-order valence-electron chi connectivity index (χ3n) is 3.98. The molecule has 0 fully saturated rings. The van der Waals surface area contributed by atoms with Crippen molar-refractivity contribution in [3.63, 3.8) is 0 Å². The maximum Gasteiger partial charge on any atom is 0.257 e. The van der Waals surface area contributed by atoms with E-state index < -0.39 is 0 Å². The molecule has 0 radical (unpaired) electrons. The molecule has 0 saturated carbocycles. The lowest BCUT2D eigenvalue weighted by atomic mass is 10.2. The highest BCUT2D eigenvalue weighted by atomic mass is 16.5. The molecule has 0 atom stereocenters. The second kappa shape index (κ2) is 9.82. The van der Waals surface area contributed by atoms with E-state index in [0.29, 0.717) is 55.5 Å². The summed E-state index contributed by atoms with van der Waals surface area (Å²) in [6, 6.07) is 5.30. The Morgan fingerprint density at radius 1 is 1.27 bits per heavy atom. The summed E-state index contributed by atoms with van der Waals surface area (Å²) in [4.78, 5) is 26.5. The van der Waals surface area contributed by atoms with E-state index in [2.05, 4.69) is 5.32 Å². The first-order valence-electron chi connectivity index (χ1n) is 8.65. The van der Waals surface area contributed by atoms with Crippen LogP contribution in [0.2, 0.25) is 0 Å². The van der Waals surface area contributed by atoms with Crippen LogP contribution in [0.25, 0.3) is 0 Å². The lowest BCUT2D eigenvalue weighted by molar-refractivity contribution is -0.121. The minimum absolute atomic E-state index is 0.130. The molecule has 0 saturated heterocycles. The highest BCUT2D eigenvalue weighted by Gasteiger charge is 2.21. The number of hydrogen-bond donors (Lipinski definition) is 1. The van der Waals surface area contributed by atoms with Gasteiger partial charge in [-0.25, -0.2) is 0 Å². The van der Waals surface area contributed by atoms with Crippen LogP contribution < -0.4 is 5.32 Å². The predicted molar refractivity (Wildman–Crippen MR) is 95.8 cm³/mol. The van der Waals surface area contributed by atoms with E-state index in [9.17, 15) is 9.59 Å². The molecule has 26 heavy (non-hydrogen) atoms. The molecule has 142 valence electrons. The Hall–Kier alpha value is -2.54. The second-order valence-corrected chi connectivity index (χ2v) is 6.07. The van der Waals surface area contributed by atoms with E-state index in [0.717, 1.165) is 0 Å². The normalized spacial score (nSPS) is 10.7. The molecular weight excluding hydrogens is 336 g/mol. The zero-order valence-corrected chi connectivity index (χ0v) is 15.5. The van der Waals surface area contributed by atoms with Crippen molar-refractivity contribution < 1.29 is 23.2 Å². The van der Waals surface area contributed by atoms with Crippen molar-refractivity contribution in [2.24, 2.45) is 0 Å². The second-order valence-electron chi connectivity index (χ2n) is 6.07. The molecular formula is C19H26N2O5. The third kappa shape index (κ3) is 5.77. The van der Waals surface area contributed by atoms with Crippen LogP contribution in [-0.4, -0.2) is 43.5 Å². The molecule has 0 spiro atoms. The Morgan fingerprint density at radius 2 is 2.08 bits per heavy atom. The molecule has 0 aliphatic heterocycles. The lowest BCUT2D eigenvalue weighted by Crippen LogP contribution is -2.36. The van der Waals surface area contributed by atoms with Crippen molar-refractivity contribution in [2.45, 2.75) is 33.2 Å². The molecule has 0 aliphatic rings. The first-order chi connectivity index (χ1) is 12.5. The molecule has 0 aliphatic carbocycles. The summed E-state index contributed by atoms with van der Waals surface area (Å²) in [7, 11) is 1.62. The zero-order chi connectivity index (χ0) is 18.9. The van der Waals surface area contributed by atoms with Gasteiger partial charge < -0.3 is 23.8 Å². The monoisotopic (exact) mass is 362 g/mol. The van der Waals surface area contributed by atoms with Gasteiger partial charge in [-0.15, -0.1) is 0 Å². The van der Waals surface area contributed by atoms with E-state index in [1.54, 1.807) is 50.3 Å². The fourth-order valence-electron chi connectivity index (χ4n) is 2.65. The van der Waals surface area contributed by atoms with Crippen molar-refractivity contribution in [2.75, 3.05) is 26.8 Å². The van der Waals surface area contributed by atoms with Crippen LogP contribution in [0.4, 0.5) is 0 Å². The van der Waals surface area contributed by atoms with Crippen molar-refractivity contribution in [3.8, 4) is 0 Å². The molecule has 7 heteroatoms. The predicted octanol–water partition coefficient (Wildman–Crippen LogP) is 2.67. The molecule has 0 aromatic carbocycles. The molecule has 2 aromatic rings. The first-order valence-corrected chi connectivity index (χ1v) is 8.65. The van der Waals surface area contributed by atoms with Gasteiger partial charge in [0.15, 0.2) is 0 Å². The fourth-order valence-corrected chi connectivity index (χ4v) is 2.65. The number of hydrogen-bond acceptors (Lipinski definition) is 5.